The van der Waals surface area contributed by atoms with Gasteiger partial charge >= 0.3 is 0 Å². The summed E-state index contributed by atoms with van der Waals surface area (Å²) < 4.78 is 0. The SMILES string of the molecule is O=C(c1ccc[nH]c1=O)N1CCc2ccc(Cl)cc21. The summed E-state index contributed by atoms with van der Waals surface area (Å²) in [4.78, 5) is 28.2. The molecule has 1 N–H and O–H groups in total. The van der Waals surface area contributed by atoms with Crippen LogP contribution in [0.15, 0.2) is 41.3 Å². The molecule has 1 aliphatic heterocycles. The zero-order chi connectivity index (χ0) is 13.4. The lowest BCUT2D eigenvalue weighted by Crippen LogP contribution is -2.33. The number of rotatable bonds is 1. The number of carbonyl (C=O) groups is 1. The number of nitrogens with zero attached hydrogens (tertiary/aromatic N) is 1. The minimum Gasteiger partial charge on any atom is -0.328 e. The van der Waals surface area contributed by atoms with Crippen molar-refractivity contribution in [1.82, 2.24) is 4.98 Å². The number of nitrogens with one attached hydrogen (secondary N) is 1. The van der Waals surface area contributed by atoms with Crippen molar-refractivity contribution in [1.29, 1.82) is 0 Å². The highest BCUT2D eigenvalue weighted by atomic mass is 35.5. The number of fused-ring (bicyclic) bond motifs is 1. The monoisotopic (exact) mass is 274 g/mol. The van der Waals surface area contributed by atoms with Crippen molar-refractivity contribution < 1.29 is 4.79 Å². The number of anilines is 1. The van der Waals surface area contributed by atoms with Gasteiger partial charge in [-0.15, -0.1) is 0 Å². The summed E-state index contributed by atoms with van der Waals surface area (Å²) in [6.07, 6.45) is 2.29. The number of benzene rings is 1. The van der Waals surface area contributed by atoms with E-state index in [2.05, 4.69) is 4.98 Å². The quantitative estimate of drug-likeness (QED) is 0.867. The highest BCUT2D eigenvalue weighted by molar-refractivity contribution is 6.31. The van der Waals surface area contributed by atoms with Crippen LogP contribution in [-0.2, 0) is 6.42 Å². The maximum atomic E-state index is 12.4. The Labute approximate surface area is 114 Å². The molecule has 0 spiro atoms. The molecule has 1 aromatic carbocycles. The molecule has 1 aliphatic rings. The van der Waals surface area contributed by atoms with Crippen LogP contribution in [0.1, 0.15) is 15.9 Å². The zero-order valence-electron chi connectivity index (χ0n) is 10.0. The van der Waals surface area contributed by atoms with Crippen molar-refractivity contribution in [2.24, 2.45) is 0 Å². The summed E-state index contributed by atoms with van der Waals surface area (Å²) in [5, 5.41) is 0.584. The average molecular weight is 275 g/mol. The number of H-pyrrole nitrogens is 1. The summed E-state index contributed by atoms with van der Waals surface area (Å²) >= 11 is 5.96. The fourth-order valence-corrected chi connectivity index (χ4v) is 2.47. The van der Waals surface area contributed by atoms with Crippen LogP contribution in [0.2, 0.25) is 5.02 Å². The number of carbonyl (C=O) groups excluding carboxylic acids is 1. The van der Waals surface area contributed by atoms with Gasteiger partial charge in [-0.05, 0) is 36.2 Å². The van der Waals surface area contributed by atoms with Crippen LogP contribution in [0.4, 0.5) is 5.69 Å². The van der Waals surface area contributed by atoms with Gasteiger partial charge in [0.15, 0.2) is 0 Å². The van der Waals surface area contributed by atoms with Gasteiger partial charge < -0.3 is 9.88 Å². The first-order valence-electron chi connectivity index (χ1n) is 5.95. The number of aromatic amines is 1. The van der Waals surface area contributed by atoms with E-state index in [4.69, 9.17) is 11.6 Å². The van der Waals surface area contributed by atoms with Gasteiger partial charge in [0.1, 0.15) is 5.56 Å². The summed E-state index contributed by atoms with van der Waals surface area (Å²) in [6.45, 7) is 0.572. The predicted molar refractivity (Wildman–Crippen MR) is 73.9 cm³/mol. The highest BCUT2D eigenvalue weighted by Gasteiger charge is 2.26. The molecule has 0 aliphatic carbocycles. The Morgan fingerprint density at radius 1 is 1.32 bits per heavy atom. The summed E-state index contributed by atoms with van der Waals surface area (Å²) in [6, 6.07) is 8.66. The number of aromatic nitrogens is 1. The molecule has 0 saturated carbocycles. The summed E-state index contributed by atoms with van der Waals surface area (Å²) in [5.74, 6) is -0.289. The molecular weight excluding hydrogens is 264 g/mol. The summed E-state index contributed by atoms with van der Waals surface area (Å²) in [5.41, 5.74) is 1.64. The third-order valence-corrected chi connectivity index (χ3v) is 3.47. The molecule has 4 nitrogen and oxygen atoms in total. The van der Waals surface area contributed by atoms with Crippen molar-refractivity contribution >= 4 is 23.2 Å². The van der Waals surface area contributed by atoms with Gasteiger partial charge in [0.25, 0.3) is 11.5 Å². The van der Waals surface area contributed by atoms with Crippen LogP contribution < -0.4 is 10.5 Å². The van der Waals surface area contributed by atoms with E-state index in [0.29, 0.717) is 11.6 Å². The first-order chi connectivity index (χ1) is 9.16. The Bertz CT molecular complexity index is 709. The highest BCUT2D eigenvalue weighted by Crippen LogP contribution is 2.31. The smallest absolute Gasteiger partial charge is 0.263 e. The van der Waals surface area contributed by atoms with E-state index in [1.807, 2.05) is 12.1 Å². The molecule has 0 unspecified atom stereocenters. The first-order valence-corrected chi connectivity index (χ1v) is 6.32. The van der Waals surface area contributed by atoms with Gasteiger partial charge in [0.05, 0.1) is 0 Å². The van der Waals surface area contributed by atoms with Gasteiger partial charge in [0, 0.05) is 23.5 Å². The molecule has 19 heavy (non-hydrogen) atoms. The fraction of sp³-hybridized carbons (Fsp3) is 0.143. The number of amides is 1. The van der Waals surface area contributed by atoms with Crippen molar-refractivity contribution in [2.75, 3.05) is 11.4 Å². The number of halogens is 1. The molecule has 1 aromatic heterocycles. The zero-order valence-corrected chi connectivity index (χ0v) is 10.8. The van der Waals surface area contributed by atoms with Crippen LogP contribution >= 0.6 is 11.6 Å². The van der Waals surface area contributed by atoms with E-state index in [1.165, 1.54) is 12.3 Å². The largest absolute Gasteiger partial charge is 0.328 e. The summed E-state index contributed by atoms with van der Waals surface area (Å²) in [7, 11) is 0. The van der Waals surface area contributed by atoms with Crippen molar-refractivity contribution in [3.05, 3.63) is 63.0 Å². The molecule has 96 valence electrons. The van der Waals surface area contributed by atoms with E-state index in [0.717, 1.165) is 17.7 Å². The van der Waals surface area contributed by atoms with Crippen LogP contribution in [0.25, 0.3) is 0 Å². The topological polar surface area (TPSA) is 53.2 Å². The lowest BCUT2D eigenvalue weighted by Gasteiger charge is -2.17. The van der Waals surface area contributed by atoms with Gasteiger partial charge in [-0.2, -0.15) is 0 Å². The van der Waals surface area contributed by atoms with E-state index in [1.54, 1.807) is 17.0 Å². The third-order valence-electron chi connectivity index (χ3n) is 3.24. The standard InChI is InChI=1S/C14H11ClN2O2/c15-10-4-3-9-5-7-17(12(9)8-10)14(19)11-2-1-6-16-13(11)18/h1-4,6,8H,5,7H2,(H,16,18). The van der Waals surface area contributed by atoms with E-state index in [-0.39, 0.29) is 17.0 Å². The lowest BCUT2D eigenvalue weighted by atomic mass is 10.2. The minimum absolute atomic E-state index is 0.148. The number of pyridine rings is 1. The molecule has 2 aromatic rings. The molecule has 3 rings (SSSR count). The molecule has 0 bridgehead atoms. The Hall–Kier alpha value is -2.07. The second kappa shape index (κ2) is 4.55. The predicted octanol–water partition coefficient (Wildman–Crippen LogP) is 2.23. The second-order valence-corrected chi connectivity index (χ2v) is 4.83. The van der Waals surface area contributed by atoms with Crippen molar-refractivity contribution in [3.63, 3.8) is 0 Å². The maximum absolute atomic E-state index is 12.4. The Kier molecular flexibility index (Phi) is 2.87. The molecule has 0 fully saturated rings. The molecule has 1 amide bonds. The van der Waals surface area contributed by atoms with Crippen LogP contribution in [0.5, 0.6) is 0 Å². The van der Waals surface area contributed by atoms with Crippen molar-refractivity contribution in [2.45, 2.75) is 6.42 Å². The van der Waals surface area contributed by atoms with Gasteiger partial charge in [0.2, 0.25) is 0 Å². The molecule has 5 heteroatoms. The molecule has 0 saturated heterocycles. The first kappa shape index (κ1) is 12.0. The Morgan fingerprint density at radius 3 is 2.95 bits per heavy atom. The van der Waals surface area contributed by atoms with Crippen molar-refractivity contribution in [3.8, 4) is 0 Å². The van der Waals surface area contributed by atoms with Crippen LogP contribution in [0.3, 0.4) is 0 Å². The van der Waals surface area contributed by atoms with E-state index >= 15 is 0 Å². The van der Waals surface area contributed by atoms with Crippen LogP contribution in [0, 0.1) is 0 Å². The Morgan fingerprint density at radius 2 is 2.16 bits per heavy atom. The molecule has 0 atom stereocenters. The minimum atomic E-state index is -0.372. The lowest BCUT2D eigenvalue weighted by molar-refractivity contribution is 0.0988. The average Bonchev–Trinajstić information content (AvgIpc) is 2.81. The normalized spacial score (nSPS) is 13.4. The second-order valence-electron chi connectivity index (χ2n) is 4.39. The number of hydrogen-bond acceptors (Lipinski definition) is 2. The van der Waals surface area contributed by atoms with Gasteiger partial charge in [-0.25, -0.2) is 0 Å². The van der Waals surface area contributed by atoms with E-state index < -0.39 is 0 Å². The van der Waals surface area contributed by atoms with Crippen LogP contribution in [-0.4, -0.2) is 17.4 Å². The molecular formula is C14H11ClN2O2. The molecule has 2 heterocycles. The Balaban J connectivity index is 2.03. The van der Waals surface area contributed by atoms with E-state index in [9.17, 15) is 9.59 Å². The molecule has 0 radical (unpaired) electrons. The fourth-order valence-electron chi connectivity index (χ4n) is 2.30. The third kappa shape index (κ3) is 2.04. The van der Waals surface area contributed by atoms with Gasteiger partial charge in [-0.3, -0.25) is 9.59 Å². The van der Waals surface area contributed by atoms with Gasteiger partial charge in [-0.1, -0.05) is 17.7 Å². The number of hydrogen-bond donors (Lipinski definition) is 1. The maximum Gasteiger partial charge on any atom is 0.263 e.